The van der Waals surface area contributed by atoms with Gasteiger partial charge in [0.2, 0.25) is 5.91 Å². The molecule has 0 bridgehead atoms. The SMILES string of the molecule is CC(=O)Nc1cccc(C(=O)Nc2ccc(-c3ccccc3)c3c2C(=O)CC3)c1. The summed E-state index contributed by atoms with van der Waals surface area (Å²) in [6.45, 7) is 1.41. The molecule has 144 valence electrons. The maximum absolute atomic E-state index is 12.8. The van der Waals surface area contributed by atoms with Gasteiger partial charge in [-0.25, -0.2) is 0 Å². The second-order valence-electron chi connectivity index (χ2n) is 7.02. The van der Waals surface area contributed by atoms with Gasteiger partial charge in [-0.05, 0) is 47.4 Å². The molecule has 2 amide bonds. The average Bonchev–Trinajstić information content (AvgIpc) is 3.11. The summed E-state index contributed by atoms with van der Waals surface area (Å²) in [5.74, 6) is -0.492. The first-order chi connectivity index (χ1) is 14.0. The van der Waals surface area contributed by atoms with Crippen LogP contribution in [0, 0.1) is 0 Å². The number of nitrogens with one attached hydrogen (secondary N) is 2. The Morgan fingerprint density at radius 3 is 2.41 bits per heavy atom. The average molecular weight is 384 g/mol. The number of fused-ring (bicyclic) bond motifs is 1. The summed E-state index contributed by atoms with van der Waals surface area (Å²) in [7, 11) is 0. The summed E-state index contributed by atoms with van der Waals surface area (Å²) in [5.41, 5.74) is 5.13. The van der Waals surface area contributed by atoms with Gasteiger partial charge >= 0.3 is 0 Å². The largest absolute Gasteiger partial charge is 0.326 e. The molecule has 1 aliphatic carbocycles. The van der Waals surface area contributed by atoms with E-state index in [2.05, 4.69) is 10.6 Å². The van der Waals surface area contributed by atoms with Crippen LogP contribution in [-0.2, 0) is 11.2 Å². The van der Waals surface area contributed by atoms with Gasteiger partial charge in [0.05, 0.1) is 5.69 Å². The van der Waals surface area contributed by atoms with Crippen LogP contribution in [0.4, 0.5) is 11.4 Å². The summed E-state index contributed by atoms with van der Waals surface area (Å²) < 4.78 is 0. The molecule has 2 N–H and O–H groups in total. The smallest absolute Gasteiger partial charge is 0.255 e. The second kappa shape index (κ2) is 7.72. The third-order valence-electron chi connectivity index (χ3n) is 4.97. The van der Waals surface area contributed by atoms with E-state index in [1.165, 1.54) is 6.92 Å². The fourth-order valence-electron chi connectivity index (χ4n) is 3.72. The summed E-state index contributed by atoms with van der Waals surface area (Å²) in [6, 6.07) is 20.4. The zero-order chi connectivity index (χ0) is 20.4. The molecule has 0 aliphatic heterocycles. The zero-order valence-electron chi connectivity index (χ0n) is 16.0. The fraction of sp³-hybridized carbons (Fsp3) is 0.125. The quantitative estimate of drug-likeness (QED) is 0.685. The molecule has 1 aliphatic rings. The zero-order valence-corrected chi connectivity index (χ0v) is 16.0. The number of anilines is 2. The number of benzene rings is 3. The van der Waals surface area contributed by atoms with E-state index in [0.717, 1.165) is 16.7 Å². The van der Waals surface area contributed by atoms with Crippen molar-refractivity contribution >= 4 is 29.0 Å². The van der Waals surface area contributed by atoms with Gasteiger partial charge in [0.25, 0.3) is 5.91 Å². The van der Waals surface area contributed by atoms with Crippen molar-refractivity contribution in [3.63, 3.8) is 0 Å². The van der Waals surface area contributed by atoms with Crippen molar-refractivity contribution in [2.75, 3.05) is 10.6 Å². The van der Waals surface area contributed by atoms with E-state index in [1.54, 1.807) is 30.3 Å². The topological polar surface area (TPSA) is 75.3 Å². The molecule has 0 fully saturated rings. The van der Waals surface area contributed by atoms with E-state index in [0.29, 0.717) is 35.3 Å². The van der Waals surface area contributed by atoms with Crippen molar-refractivity contribution in [2.45, 2.75) is 19.8 Å². The first-order valence-corrected chi connectivity index (χ1v) is 9.46. The van der Waals surface area contributed by atoms with Gasteiger partial charge in [-0.15, -0.1) is 0 Å². The van der Waals surface area contributed by atoms with E-state index >= 15 is 0 Å². The molecule has 3 aromatic rings. The lowest BCUT2D eigenvalue weighted by molar-refractivity contribution is -0.114. The molecule has 0 spiro atoms. The van der Waals surface area contributed by atoms with Crippen molar-refractivity contribution in [2.24, 2.45) is 0 Å². The lowest BCUT2D eigenvalue weighted by Gasteiger charge is -2.14. The number of Topliss-reactive ketones (excluding diaryl/α,β-unsaturated/α-hetero) is 1. The van der Waals surface area contributed by atoms with Crippen molar-refractivity contribution < 1.29 is 14.4 Å². The molecule has 0 saturated heterocycles. The van der Waals surface area contributed by atoms with Gasteiger partial charge in [0.15, 0.2) is 5.78 Å². The van der Waals surface area contributed by atoms with E-state index in [4.69, 9.17) is 0 Å². The number of ketones is 1. The van der Waals surface area contributed by atoms with Crippen LogP contribution < -0.4 is 10.6 Å². The molecule has 3 aromatic carbocycles. The van der Waals surface area contributed by atoms with Crippen LogP contribution in [0.5, 0.6) is 0 Å². The first-order valence-electron chi connectivity index (χ1n) is 9.46. The Kier molecular flexibility index (Phi) is 4.96. The summed E-state index contributed by atoms with van der Waals surface area (Å²) in [6.07, 6.45) is 1.11. The van der Waals surface area contributed by atoms with Crippen LogP contribution >= 0.6 is 0 Å². The highest BCUT2D eigenvalue weighted by Crippen LogP contribution is 2.37. The van der Waals surface area contributed by atoms with Crippen LogP contribution in [0.3, 0.4) is 0 Å². The molecule has 0 saturated carbocycles. The normalized spacial score (nSPS) is 12.4. The molecular formula is C24H20N2O3. The number of carbonyl (C=O) groups excluding carboxylic acids is 3. The molecule has 0 atom stereocenters. The van der Waals surface area contributed by atoms with Crippen molar-refractivity contribution in [1.29, 1.82) is 0 Å². The predicted molar refractivity (Wildman–Crippen MR) is 113 cm³/mol. The number of rotatable bonds is 4. The second-order valence-corrected chi connectivity index (χ2v) is 7.02. The van der Waals surface area contributed by atoms with Crippen molar-refractivity contribution in [3.8, 4) is 11.1 Å². The summed E-state index contributed by atoms with van der Waals surface area (Å²) in [5, 5.41) is 5.54. The Balaban J connectivity index is 1.66. The van der Waals surface area contributed by atoms with Crippen LogP contribution in [-0.4, -0.2) is 17.6 Å². The standard InChI is InChI=1S/C24H20N2O3/c1-15(27)25-18-9-5-8-17(14-18)24(29)26-21-12-10-19(16-6-3-2-4-7-16)20-11-13-22(28)23(20)21/h2-10,12,14H,11,13H2,1H3,(H,25,27)(H,26,29). The summed E-state index contributed by atoms with van der Waals surface area (Å²) in [4.78, 5) is 36.6. The van der Waals surface area contributed by atoms with Gasteiger partial charge in [-0.1, -0.05) is 42.5 Å². The molecule has 0 heterocycles. The Morgan fingerprint density at radius 1 is 0.862 bits per heavy atom. The highest BCUT2D eigenvalue weighted by atomic mass is 16.2. The fourth-order valence-corrected chi connectivity index (χ4v) is 3.72. The molecule has 29 heavy (non-hydrogen) atoms. The van der Waals surface area contributed by atoms with E-state index in [1.807, 2.05) is 36.4 Å². The van der Waals surface area contributed by atoms with Gasteiger partial charge < -0.3 is 10.6 Å². The highest BCUT2D eigenvalue weighted by Gasteiger charge is 2.27. The van der Waals surface area contributed by atoms with Gasteiger partial charge in [-0.3, -0.25) is 14.4 Å². The van der Waals surface area contributed by atoms with Crippen LogP contribution in [0.2, 0.25) is 0 Å². The molecule has 0 radical (unpaired) electrons. The van der Waals surface area contributed by atoms with Crippen LogP contribution in [0.1, 0.15) is 39.6 Å². The van der Waals surface area contributed by atoms with Gasteiger partial charge in [0.1, 0.15) is 0 Å². The Hall–Kier alpha value is -3.73. The van der Waals surface area contributed by atoms with E-state index < -0.39 is 0 Å². The van der Waals surface area contributed by atoms with Gasteiger partial charge in [-0.2, -0.15) is 0 Å². The summed E-state index contributed by atoms with van der Waals surface area (Å²) >= 11 is 0. The van der Waals surface area contributed by atoms with Crippen molar-refractivity contribution in [1.82, 2.24) is 0 Å². The van der Waals surface area contributed by atoms with E-state index in [-0.39, 0.29) is 17.6 Å². The molecular weight excluding hydrogens is 364 g/mol. The number of carbonyl (C=O) groups is 3. The predicted octanol–water partition coefficient (Wildman–Crippen LogP) is 4.69. The maximum Gasteiger partial charge on any atom is 0.255 e. The Labute approximate surface area is 168 Å². The van der Waals surface area contributed by atoms with Crippen LogP contribution in [0.25, 0.3) is 11.1 Å². The molecule has 4 rings (SSSR count). The number of hydrogen-bond donors (Lipinski definition) is 2. The lowest BCUT2D eigenvalue weighted by Crippen LogP contribution is -2.15. The van der Waals surface area contributed by atoms with Crippen molar-refractivity contribution in [3.05, 3.63) is 83.4 Å². The molecule has 5 nitrogen and oxygen atoms in total. The first kappa shape index (κ1) is 18.6. The Morgan fingerprint density at radius 2 is 1.66 bits per heavy atom. The third-order valence-corrected chi connectivity index (χ3v) is 4.97. The van der Waals surface area contributed by atoms with Crippen LogP contribution in [0.15, 0.2) is 66.7 Å². The minimum Gasteiger partial charge on any atom is -0.326 e. The molecule has 0 unspecified atom stereocenters. The minimum atomic E-state index is -0.327. The number of amides is 2. The minimum absolute atomic E-state index is 0.0417. The van der Waals surface area contributed by atoms with Gasteiger partial charge in [0, 0.05) is 30.2 Å². The lowest BCUT2D eigenvalue weighted by atomic mass is 9.95. The maximum atomic E-state index is 12.8. The number of hydrogen-bond acceptors (Lipinski definition) is 3. The highest BCUT2D eigenvalue weighted by molar-refractivity contribution is 6.12. The Bertz CT molecular complexity index is 1120. The molecule has 0 aromatic heterocycles. The molecule has 5 heteroatoms. The monoisotopic (exact) mass is 384 g/mol. The van der Waals surface area contributed by atoms with E-state index in [9.17, 15) is 14.4 Å². The third kappa shape index (κ3) is 3.80.